The lowest BCUT2D eigenvalue weighted by molar-refractivity contribution is -0.115. The van der Waals surface area contributed by atoms with Gasteiger partial charge in [-0.2, -0.15) is 0 Å². The van der Waals surface area contributed by atoms with Gasteiger partial charge in [0.05, 0.1) is 11.5 Å². The molecule has 0 saturated carbocycles. The molecule has 1 unspecified atom stereocenters. The van der Waals surface area contributed by atoms with Crippen LogP contribution >= 0.6 is 11.8 Å². The molecule has 0 aliphatic carbocycles. The van der Waals surface area contributed by atoms with Crippen molar-refractivity contribution in [3.05, 3.63) is 103 Å². The molecule has 5 aromatic rings. The summed E-state index contributed by atoms with van der Waals surface area (Å²) in [5.41, 5.74) is 3.68. The molecule has 168 valence electrons. The summed E-state index contributed by atoms with van der Waals surface area (Å²) in [4.78, 5) is 13.2. The van der Waals surface area contributed by atoms with Crippen LogP contribution in [0.3, 0.4) is 0 Å². The van der Waals surface area contributed by atoms with Crippen LogP contribution in [0.4, 0.5) is 5.69 Å². The van der Waals surface area contributed by atoms with Gasteiger partial charge in [0, 0.05) is 16.9 Å². The van der Waals surface area contributed by atoms with Crippen LogP contribution in [-0.4, -0.2) is 25.9 Å². The van der Waals surface area contributed by atoms with E-state index in [4.69, 9.17) is 4.42 Å². The van der Waals surface area contributed by atoms with Gasteiger partial charge in [-0.1, -0.05) is 78.5 Å². The number of hydrogen-bond donors (Lipinski definition) is 1. The maximum absolute atomic E-state index is 13.2. The van der Waals surface area contributed by atoms with Gasteiger partial charge in [-0.05, 0) is 42.8 Å². The lowest BCUT2D eigenvalue weighted by atomic mass is 10.0. The molecule has 0 spiro atoms. The molecular weight excluding hydrogens is 444 g/mol. The Labute approximate surface area is 201 Å². The molecule has 1 N–H and O–H groups in total. The molecule has 2 heterocycles. The Morgan fingerprint density at radius 2 is 1.59 bits per heavy atom. The first-order valence-corrected chi connectivity index (χ1v) is 11.8. The normalized spacial score (nSPS) is 11.8. The lowest BCUT2D eigenvalue weighted by Crippen LogP contribution is -2.23. The molecule has 1 amide bonds. The number of anilines is 1. The Balaban J connectivity index is 1.41. The average Bonchev–Trinajstić information content (AvgIpc) is 3.55. The summed E-state index contributed by atoms with van der Waals surface area (Å²) < 4.78 is 7.48. The van der Waals surface area contributed by atoms with Crippen molar-refractivity contribution in [3.63, 3.8) is 0 Å². The summed E-state index contributed by atoms with van der Waals surface area (Å²) in [5.74, 6) is 1.08. The molecule has 0 bridgehead atoms. The van der Waals surface area contributed by atoms with Gasteiger partial charge in [0.2, 0.25) is 11.7 Å². The van der Waals surface area contributed by atoms with Crippen molar-refractivity contribution in [3.8, 4) is 28.4 Å². The highest BCUT2D eigenvalue weighted by molar-refractivity contribution is 8.00. The maximum atomic E-state index is 13.2. The van der Waals surface area contributed by atoms with Crippen molar-refractivity contribution < 1.29 is 9.21 Å². The fraction of sp³-hybridized carbons (Fsp3) is 0.0741. The quantitative estimate of drug-likeness (QED) is 0.284. The number of aromatic nitrogens is 3. The Bertz CT molecular complexity index is 1380. The van der Waals surface area contributed by atoms with Gasteiger partial charge in [0.25, 0.3) is 0 Å². The number of amides is 1. The number of benzene rings is 3. The van der Waals surface area contributed by atoms with E-state index in [1.165, 1.54) is 11.8 Å². The smallest absolute Gasteiger partial charge is 0.237 e. The number of thioether (sulfide) groups is 1. The predicted octanol–water partition coefficient (Wildman–Crippen LogP) is 6.31. The van der Waals surface area contributed by atoms with E-state index in [1.54, 1.807) is 6.26 Å². The van der Waals surface area contributed by atoms with E-state index < -0.39 is 5.25 Å². The van der Waals surface area contributed by atoms with Gasteiger partial charge in [-0.15, -0.1) is 10.2 Å². The first-order valence-electron chi connectivity index (χ1n) is 10.9. The Morgan fingerprint density at radius 3 is 2.32 bits per heavy atom. The van der Waals surface area contributed by atoms with Crippen LogP contribution in [0.1, 0.15) is 6.92 Å². The molecule has 6 nitrogen and oxygen atoms in total. The second kappa shape index (κ2) is 9.80. The van der Waals surface area contributed by atoms with E-state index in [-0.39, 0.29) is 5.91 Å². The van der Waals surface area contributed by atoms with Crippen LogP contribution in [0, 0.1) is 0 Å². The fourth-order valence-corrected chi connectivity index (χ4v) is 4.50. The number of para-hydroxylation sites is 2. The summed E-state index contributed by atoms with van der Waals surface area (Å²) in [6.07, 6.45) is 1.60. The second-order valence-electron chi connectivity index (χ2n) is 7.62. The summed E-state index contributed by atoms with van der Waals surface area (Å²) in [5, 5.41) is 12.0. The van der Waals surface area contributed by atoms with E-state index in [0.29, 0.717) is 16.7 Å². The lowest BCUT2D eigenvalue weighted by Gasteiger charge is -2.15. The molecule has 2 aromatic heterocycles. The van der Waals surface area contributed by atoms with Crippen molar-refractivity contribution in [2.75, 3.05) is 5.32 Å². The zero-order valence-electron chi connectivity index (χ0n) is 18.5. The first kappa shape index (κ1) is 21.7. The van der Waals surface area contributed by atoms with Crippen LogP contribution in [0.15, 0.2) is 113 Å². The monoisotopic (exact) mass is 466 g/mol. The van der Waals surface area contributed by atoms with Crippen molar-refractivity contribution in [2.24, 2.45) is 0 Å². The molecule has 0 radical (unpaired) electrons. The molecule has 0 fully saturated rings. The summed E-state index contributed by atoms with van der Waals surface area (Å²) >= 11 is 1.35. The van der Waals surface area contributed by atoms with Gasteiger partial charge in [-0.3, -0.25) is 9.36 Å². The molecule has 0 aliphatic heterocycles. The molecule has 7 heteroatoms. The van der Waals surface area contributed by atoms with Crippen molar-refractivity contribution in [2.45, 2.75) is 17.3 Å². The van der Waals surface area contributed by atoms with Crippen LogP contribution in [0.2, 0.25) is 0 Å². The van der Waals surface area contributed by atoms with Crippen LogP contribution < -0.4 is 5.32 Å². The Hall–Kier alpha value is -4.10. The molecule has 3 aromatic carbocycles. The minimum absolute atomic E-state index is 0.115. The zero-order chi connectivity index (χ0) is 23.3. The van der Waals surface area contributed by atoms with E-state index in [1.807, 2.05) is 109 Å². The van der Waals surface area contributed by atoms with Crippen molar-refractivity contribution in [1.82, 2.24) is 14.8 Å². The number of rotatable bonds is 7. The minimum atomic E-state index is -0.417. The van der Waals surface area contributed by atoms with Crippen LogP contribution in [0.5, 0.6) is 0 Å². The van der Waals surface area contributed by atoms with E-state index in [0.717, 1.165) is 22.5 Å². The third-order valence-electron chi connectivity index (χ3n) is 5.31. The van der Waals surface area contributed by atoms with Gasteiger partial charge in [0.1, 0.15) is 0 Å². The molecular formula is C27H22N4O2S. The molecule has 34 heavy (non-hydrogen) atoms. The van der Waals surface area contributed by atoms with Gasteiger partial charge < -0.3 is 9.73 Å². The molecule has 1 atom stereocenters. The highest BCUT2D eigenvalue weighted by atomic mass is 32.2. The van der Waals surface area contributed by atoms with Crippen molar-refractivity contribution in [1.29, 1.82) is 0 Å². The fourth-order valence-electron chi connectivity index (χ4n) is 3.63. The number of nitrogens with one attached hydrogen (secondary N) is 1. The van der Waals surface area contributed by atoms with Crippen LogP contribution in [-0.2, 0) is 4.79 Å². The van der Waals surface area contributed by atoms with Gasteiger partial charge >= 0.3 is 0 Å². The molecule has 0 saturated heterocycles. The summed E-state index contributed by atoms with van der Waals surface area (Å²) in [6, 6.07) is 31.3. The third kappa shape index (κ3) is 4.51. The maximum Gasteiger partial charge on any atom is 0.237 e. The Morgan fingerprint density at radius 1 is 0.882 bits per heavy atom. The zero-order valence-corrected chi connectivity index (χ0v) is 19.3. The second-order valence-corrected chi connectivity index (χ2v) is 8.92. The topological polar surface area (TPSA) is 73.0 Å². The number of furan rings is 1. The first-order chi connectivity index (χ1) is 16.7. The van der Waals surface area contributed by atoms with E-state index in [9.17, 15) is 4.79 Å². The third-order valence-corrected chi connectivity index (χ3v) is 6.35. The summed E-state index contributed by atoms with van der Waals surface area (Å²) in [6.45, 7) is 1.86. The predicted molar refractivity (Wildman–Crippen MR) is 135 cm³/mol. The van der Waals surface area contributed by atoms with Crippen molar-refractivity contribution >= 4 is 23.4 Å². The SMILES string of the molecule is CC(Sc1nnc(-c2ccco2)n1-c1ccccc1)C(=O)Nc1ccccc1-c1ccccc1. The number of nitrogens with zero attached hydrogens (tertiary/aromatic N) is 3. The highest BCUT2D eigenvalue weighted by Gasteiger charge is 2.23. The van der Waals surface area contributed by atoms with E-state index in [2.05, 4.69) is 15.5 Å². The van der Waals surface area contributed by atoms with Crippen LogP contribution in [0.25, 0.3) is 28.4 Å². The van der Waals surface area contributed by atoms with Gasteiger partial charge in [0.15, 0.2) is 10.9 Å². The number of carbonyl (C=O) groups is 1. The number of carbonyl (C=O) groups excluding carboxylic acids is 1. The Kier molecular flexibility index (Phi) is 6.27. The summed E-state index contributed by atoms with van der Waals surface area (Å²) in [7, 11) is 0. The van der Waals surface area contributed by atoms with Gasteiger partial charge in [-0.25, -0.2) is 0 Å². The minimum Gasteiger partial charge on any atom is -0.461 e. The average molecular weight is 467 g/mol. The largest absolute Gasteiger partial charge is 0.461 e. The highest BCUT2D eigenvalue weighted by Crippen LogP contribution is 2.32. The standard InChI is InChI=1S/C27H22N4O2S/c1-19(26(32)28-23-16-9-8-15-22(23)20-11-4-2-5-12-20)34-27-30-29-25(24-17-10-18-33-24)31(27)21-13-6-3-7-14-21/h2-19H,1H3,(H,28,32). The van der Waals surface area contributed by atoms with E-state index >= 15 is 0 Å². The molecule has 0 aliphatic rings. The molecule has 5 rings (SSSR count). The number of hydrogen-bond acceptors (Lipinski definition) is 5.